The van der Waals surface area contributed by atoms with Crippen molar-refractivity contribution in [1.29, 1.82) is 0 Å². The number of carbonyl (C=O) groups excluding carboxylic acids is 1. The van der Waals surface area contributed by atoms with Gasteiger partial charge in [-0.2, -0.15) is 0 Å². The number of alkyl halides is 1. The maximum Gasteiger partial charge on any atom is 0.339 e. The SMILES string of the molecule is COC(=O)[C@H](OC(C)(C)C(C)Br)[C@](C)(/C=C/CO)Oc1ccc(OC)cc1. The molecule has 0 fully saturated rings. The molecule has 0 saturated carbocycles. The van der Waals surface area contributed by atoms with E-state index in [-0.39, 0.29) is 11.4 Å². The van der Waals surface area contributed by atoms with Crippen molar-refractivity contribution in [1.82, 2.24) is 0 Å². The van der Waals surface area contributed by atoms with Crippen LogP contribution >= 0.6 is 15.9 Å². The van der Waals surface area contributed by atoms with Gasteiger partial charge in [0.05, 0.1) is 26.4 Å². The number of hydrogen-bond acceptors (Lipinski definition) is 6. The van der Waals surface area contributed by atoms with Crippen LogP contribution in [0.25, 0.3) is 0 Å². The molecule has 0 aliphatic rings. The monoisotopic (exact) mass is 444 g/mol. The number of esters is 1. The van der Waals surface area contributed by atoms with Crippen LogP contribution in [0.5, 0.6) is 11.5 Å². The highest BCUT2D eigenvalue weighted by molar-refractivity contribution is 9.09. The Morgan fingerprint density at radius 2 is 1.74 bits per heavy atom. The third-order valence-corrected chi connectivity index (χ3v) is 5.37. The molecule has 0 aromatic heterocycles. The minimum Gasteiger partial charge on any atom is -0.497 e. The third kappa shape index (κ3) is 6.52. The van der Waals surface area contributed by atoms with Gasteiger partial charge in [-0.05, 0) is 58.0 Å². The summed E-state index contributed by atoms with van der Waals surface area (Å²) in [6.45, 7) is 7.17. The van der Waals surface area contributed by atoms with E-state index in [4.69, 9.17) is 18.9 Å². The molecular formula is C20H29BrO6. The van der Waals surface area contributed by atoms with E-state index in [1.165, 1.54) is 13.2 Å². The predicted octanol–water partition coefficient (Wildman–Crippen LogP) is 3.50. The zero-order chi connectivity index (χ0) is 20.7. The van der Waals surface area contributed by atoms with Crippen molar-refractivity contribution >= 4 is 21.9 Å². The minimum atomic E-state index is -1.22. The van der Waals surface area contributed by atoms with Crippen LogP contribution in [0, 0.1) is 0 Å². The van der Waals surface area contributed by atoms with Crippen molar-refractivity contribution < 1.29 is 28.8 Å². The van der Waals surface area contributed by atoms with Gasteiger partial charge in [-0.15, -0.1) is 0 Å². The van der Waals surface area contributed by atoms with Crippen LogP contribution in [-0.2, 0) is 14.3 Å². The molecule has 27 heavy (non-hydrogen) atoms. The zero-order valence-corrected chi connectivity index (χ0v) is 18.3. The van der Waals surface area contributed by atoms with Gasteiger partial charge in [0.2, 0.25) is 0 Å². The Kier molecular flexibility index (Phi) is 8.78. The molecule has 0 heterocycles. The summed E-state index contributed by atoms with van der Waals surface area (Å²) in [5, 5.41) is 9.24. The van der Waals surface area contributed by atoms with Gasteiger partial charge >= 0.3 is 5.97 Å². The van der Waals surface area contributed by atoms with Crippen molar-refractivity contribution in [3.63, 3.8) is 0 Å². The quantitative estimate of drug-likeness (QED) is 0.338. The van der Waals surface area contributed by atoms with E-state index in [0.717, 1.165) is 0 Å². The van der Waals surface area contributed by atoms with E-state index >= 15 is 0 Å². The van der Waals surface area contributed by atoms with Gasteiger partial charge in [0.25, 0.3) is 0 Å². The van der Waals surface area contributed by atoms with Crippen LogP contribution in [0.3, 0.4) is 0 Å². The first-order valence-corrected chi connectivity index (χ1v) is 9.52. The number of halogens is 1. The fourth-order valence-corrected chi connectivity index (χ4v) is 2.37. The Hall–Kier alpha value is -1.57. The number of rotatable bonds is 10. The van der Waals surface area contributed by atoms with Gasteiger partial charge in [-0.25, -0.2) is 4.79 Å². The van der Waals surface area contributed by atoms with Crippen LogP contribution in [0.15, 0.2) is 36.4 Å². The Balaban J connectivity index is 3.29. The first-order chi connectivity index (χ1) is 12.6. The first-order valence-electron chi connectivity index (χ1n) is 8.61. The summed E-state index contributed by atoms with van der Waals surface area (Å²) in [5.41, 5.74) is -1.90. The van der Waals surface area contributed by atoms with Gasteiger partial charge in [-0.3, -0.25) is 0 Å². The maximum absolute atomic E-state index is 12.6. The summed E-state index contributed by atoms with van der Waals surface area (Å²) < 4.78 is 22.4. The molecule has 1 rings (SSSR count). The maximum atomic E-state index is 12.6. The van der Waals surface area contributed by atoms with Gasteiger partial charge in [0, 0.05) is 4.83 Å². The number of hydrogen-bond donors (Lipinski definition) is 1. The molecule has 0 bridgehead atoms. The van der Waals surface area contributed by atoms with E-state index < -0.39 is 23.3 Å². The summed E-state index contributed by atoms with van der Waals surface area (Å²) in [5.74, 6) is 0.628. The van der Waals surface area contributed by atoms with E-state index in [1.807, 2.05) is 20.8 Å². The van der Waals surface area contributed by atoms with Crippen LogP contribution in [0.2, 0.25) is 0 Å². The molecule has 6 nitrogen and oxygen atoms in total. The zero-order valence-electron chi connectivity index (χ0n) is 16.7. The summed E-state index contributed by atoms with van der Waals surface area (Å²) >= 11 is 3.51. The van der Waals surface area contributed by atoms with Gasteiger partial charge in [0.1, 0.15) is 11.5 Å². The first kappa shape index (κ1) is 23.5. The molecular weight excluding hydrogens is 416 g/mol. The van der Waals surface area contributed by atoms with E-state index in [2.05, 4.69) is 15.9 Å². The molecule has 0 radical (unpaired) electrons. The molecule has 0 aliphatic heterocycles. The van der Waals surface area contributed by atoms with Crippen LogP contribution in [0.1, 0.15) is 27.7 Å². The van der Waals surface area contributed by atoms with Gasteiger partial charge in [0.15, 0.2) is 11.7 Å². The fourth-order valence-electron chi connectivity index (χ4n) is 2.26. The lowest BCUT2D eigenvalue weighted by atomic mass is 9.95. The molecule has 1 aromatic carbocycles. The summed E-state index contributed by atoms with van der Waals surface area (Å²) in [6.07, 6.45) is 2.05. The molecule has 1 unspecified atom stereocenters. The molecule has 0 spiro atoms. The lowest BCUT2D eigenvalue weighted by Crippen LogP contribution is -2.54. The van der Waals surface area contributed by atoms with E-state index in [0.29, 0.717) is 11.5 Å². The summed E-state index contributed by atoms with van der Waals surface area (Å²) in [6, 6.07) is 6.97. The van der Waals surface area contributed by atoms with Gasteiger partial charge < -0.3 is 24.1 Å². The van der Waals surface area contributed by atoms with E-state index in [9.17, 15) is 9.90 Å². The van der Waals surface area contributed by atoms with Crippen LogP contribution < -0.4 is 9.47 Å². The molecule has 0 saturated heterocycles. The fraction of sp³-hybridized carbons (Fsp3) is 0.550. The summed E-state index contributed by atoms with van der Waals surface area (Å²) in [4.78, 5) is 12.5. The van der Waals surface area contributed by atoms with Crippen molar-refractivity contribution in [2.75, 3.05) is 20.8 Å². The molecule has 1 aromatic rings. The average molecular weight is 445 g/mol. The Labute approximate surface area is 169 Å². The normalized spacial score (nSPS) is 16.4. The Bertz CT molecular complexity index is 626. The standard InChI is InChI=1S/C20H29BrO6/c1-14(21)19(2,3)27-17(18(23)25-6)20(4,12-7-13-22)26-16-10-8-15(24-5)9-11-16/h7-12,14,17,22H,13H2,1-6H3/b12-7+/t14?,17-,20-/m0/s1. The number of methoxy groups -OCH3 is 2. The lowest BCUT2D eigenvalue weighted by Gasteiger charge is -2.39. The number of carbonyl (C=O) groups is 1. The average Bonchev–Trinajstić information content (AvgIpc) is 2.64. The highest BCUT2D eigenvalue weighted by Gasteiger charge is 2.45. The van der Waals surface area contributed by atoms with Gasteiger partial charge in [-0.1, -0.05) is 22.0 Å². The number of benzene rings is 1. The lowest BCUT2D eigenvalue weighted by molar-refractivity contribution is -0.181. The Morgan fingerprint density at radius 1 is 1.19 bits per heavy atom. The number of aliphatic hydroxyl groups is 1. The number of aliphatic hydroxyl groups excluding tert-OH is 1. The Morgan fingerprint density at radius 3 is 2.19 bits per heavy atom. The third-order valence-electron chi connectivity index (χ3n) is 4.27. The second-order valence-corrected chi connectivity index (χ2v) is 8.16. The molecule has 7 heteroatoms. The second kappa shape index (κ2) is 10.1. The summed E-state index contributed by atoms with van der Waals surface area (Å²) in [7, 11) is 2.88. The van der Waals surface area contributed by atoms with Crippen LogP contribution in [0.4, 0.5) is 0 Å². The largest absolute Gasteiger partial charge is 0.497 e. The predicted molar refractivity (Wildman–Crippen MR) is 108 cm³/mol. The highest BCUT2D eigenvalue weighted by Crippen LogP contribution is 2.32. The van der Waals surface area contributed by atoms with Crippen molar-refractivity contribution in [2.24, 2.45) is 0 Å². The van der Waals surface area contributed by atoms with Crippen LogP contribution in [-0.4, -0.2) is 54.0 Å². The molecule has 152 valence electrons. The molecule has 1 N–H and O–H groups in total. The molecule has 3 atom stereocenters. The molecule has 0 amide bonds. The smallest absolute Gasteiger partial charge is 0.339 e. The second-order valence-electron chi connectivity index (χ2n) is 6.79. The van der Waals surface area contributed by atoms with Crippen molar-refractivity contribution in [2.45, 2.75) is 49.8 Å². The van der Waals surface area contributed by atoms with Crippen molar-refractivity contribution in [3.8, 4) is 11.5 Å². The van der Waals surface area contributed by atoms with Crippen molar-refractivity contribution in [3.05, 3.63) is 36.4 Å². The van der Waals surface area contributed by atoms with E-state index in [1.54, 1.807) is 44.4 Å². The highest BCUT2D eigenvalue weighted by atomic mass is 79.9. The topological polar surface area (TPSA) is 74.2 Å². The molecule has 0 aliphatic carbocycles. The minimum absolute atomic E-state index is 0.0378. The number of ether oxygens (including phenoxy) is 4.